The van der Waals surface area contributed by atoms with Gasteiger partial charge in [0, 0.05) is 12.2 Å². The third kappa shape index (κ3) is 2.02. The van der Waals surface area contributed by atoms with E-state index in [0.29, 0.717) is 11.7 Å². The van der Waals surface area contributed by atoms with Crippen molar-refractivity contribution in [2.45, 2.75) is 13.3 Å². The lowest BCUT2D eigenvalue weighted by Crippen LogP contribution is -2.05. The van der Waals surface area contributed by atoms with Crippen LogP contribution in [0.1, 0.15) is 13.3 Å². The minimum absolute atomic E-state index is 0.201. The van der Waals surface area contributed by atoms with E-state index in [-0.39, 0.29) is 5.97 Å². The highest BCUT2D eigenvalue weighted by molar-refractivity contribution is 8.13. The number of hydrogen-bond acceptors (Lipinski definition) is 4. The quantitative estimate of drug-likeness (QED) is 0.537. The van der Waals surface area contributed by atoms with E-state index in [1.165, 1.54) is 11.8 Å². The normalized spacial score (nSPS) is 16.7. The third-order valence-electron chi connectivity index (χ3n) is 1.05. The van der Waals surface area contributed by atoms with E-state index in [1.54, 1.807) is 6.92 Å². The lowest BCUT2D eigenvalue weighted by atomic mass is 10.5. The zero-order valence-electron chi connectivity index (χ0n) is 5.79. The summed E-state index contributed by atoms with van der Waals surface area (Å²) < 4.78 is 4.83. The van der Waals surface area contributed by atoms with Crippen LogP contribution < -0.4 is 0 Å². The van der Waals surface area contributed by atoms with Crippen LogP contribution in [0.15, 0.2) is 4.99 Å². The van der Waals surface area contributed by atoms with Crippen molar-refractivity contribution >= 4 is 23.0 Å². The molecule has 1 aliphatic heterocycles. The largest absolute Gasteiger partial charge is 0.401 e. The number of ether oxygens (including phenoxy) is 1. The molecule has 0 aromatic carbocycles. The van der Waals surface area contributed by atoms with Crippen molar-refractivity contribution in [2.75, 3.05) is 12.3 Å². The molecular weight excluding hydrogens is 150 g/mol. The van der Waals surface area contributed by atoms with Crippen LogP contribution in [0, 0.1) is 0 Å². The number of esters is 1. The van der Waals surface area contributed by atoms with Crippen LogP contribution in [0.2, 0.25) is 0 Å². The fourth-order valence-electron chi connectivity index (χ4n) is 0.547. The molecule has 0 N–H and O–H groups in total. The molecule has 1 heterocycles. The van der Waals surface area contributed by atoms with Crippen LogP contribution in [-0.4, -0.2) is 23.5 Å². The number of hydrogen-bond donors (Lipinski definition) is 0. The van der Waals surface area contributed by atoms with Gasteiger partial charge in [-0.05, 0) is 0 Å². The smallest absolute Gasteiger partial charge is 0.312 e. The number of rotatable bonds is 1. The molecule has 0 aliphatic carbocycles. The van der Waals surface area contributed by atoms with E-state index < -0.39 is 0 Å². The van der Waals surface area contributed by atoms with E-state index >= 15 is 0 Å². The van der Waals surface area contributed by atoms with Crippen molar-refractivity contribution in [3.63, 3.8) is 0 Å². The van der Waals surface area contributed by atoms with Gasteiger partial charge in [-0.1, -0.05) is 18.7 Å². The van der Waals surface area contributed by atoms with E-state index in [9.17, 15) is 4.79 Å². The Morgan fingerprint density at radius 3 is 3.20 bits per heavy atom. The topological polar surface area (TPSA) is 38.7 Å². The Morgan fingerprint density at radius 1 is 1.90 bits per heavy atom. The molecule has 0 fully saturated rings. The number of carbonyl (C=O) groups excluding carboxylic acids is 1. The van der Waals surface area contributed by atoms with E-state index in [4.69, 9.17) is 4.74 Å². The standard InChI is InChI=1S/C6H9NO2S/c1-2-5(8)9-6-7-3-4-10-6/h2-4H2,1H3. The van der Waals surface area contributed by atoms with Crippen molar-refractivity contribution in [3.05, 3.63) is 0 Å². The fraction of sp³-hybridized carbons (Fsp3) is 0.667. The molecule has 3 nitrogen and oxygen atoms in total. The summed E-state index contributed by atoms with van der Waals surface area (Å²) in [4.78, 5) is 14.6. The first kappa shape index (κ1) is 7.60. The van der Waals surface area contributed by atoms with Gasteiger partial charge in [-0.3, -0.25) is 4.79 Å². The Kier molecular flexibility index (Phi) is 2.74. The zero-order chi connectivity index (χ0) is 7.40. The monoisotopic (exact) mass is 159 g/mol. The van der Waals surface area contributed by atoms with Crippen LogP contribution in [0.3, 0.4) is 0 Å². The summed E-state index contributed by atoms with van der Waals surface area (Å²) in [7, 11) is 0. The Hall–Kier alpha value is -0.510. The van der Waals surface area contributed by atoms with Crippen molar-refractivity contribution < 1.29 is 9.53 Å². The second kappa shape index (κ2) is 3.61. The zero-order valence-corrected chi connectivity index (χ0v) is 6.61. The average molecular weight is 159 g/mol. The lowest BCUT2D eigenvalue weighted by Gasteiger charge is -1.97. The summed E-state index contributed by atoms with van der Waals surface area (Å²) in [6, 6.07) is 0. The number of aliphatic imine (C=N–C) groups is 1. The first-order chi connectivity index (χ1) is 4.83. The second-order valence-electron chi connectivity index (χ2n) is 1.82. The summed E-state index contributed by atoms with van der Waals surface area (Å²) in [5.41, 5.74) is 0. The van der Waals surface area contributed by atoms with Gasteiger partial charge in [-0.25, -0.2) is 4.99 Å². The molecule has 0 unspecified atom stereocenters. The molecule has 0 saturated heterocycles. The van der Waals surface area contributed by atoms with Gasteiger partial charge in [0.2, 0.25) is 0 Å². The summed E-state index contributed by atoms with van der Waals surface area (Å²) in [5, 5.41) is 0.534. The van der Waals surface area contributed by atoms with Gasteiger partial charge in [0.1, 0.15) is 0 Å². The predicted molar refractivity (Wildman–Crippen MR) is 41.1 cm³/mol. The van der Waals surface area contributed by atoms with Gasteiger partial charge in [-0.2, -0.15) is 0 Å². The highest BCUT2D eigenvalue weighted by Crippen LogP contribution is 2.12. The van der Waals surface area contributed by atoms with Gasteiger partial charge in [0.05, 0.1) is 6.54 Å². The summed E-state index contributed by atoms with van der Waals surface area (Å²) in [6.45, 7) is 2.54. The molecule has 0 radical (unpaired) electrons. The minimum Gasteiger partial charge on any atom is -0.401 e. The highest BCUT2D eigenvalue weighted by atomic mass is 32.2. The average Bonchev–Trinajstić information content (AvgIpc) is 2.40. The van der Waals surface area contributed by atoms with Crippen LogP contribution in [0.25, 0.3) is 0 Å². The first-order valence-electron chi connectivity index (χ1n) is 3.21. The van der Waals surface area contributed by atoms with Crippen LogP contribution >= 0.6 is 11.8 Å². The lowest BCUT2D eigenvalue weighted by molar-refractivity contribution is -0.134. The van der Waals surface area contributed by atoms with Crippen molar-refractivity contribution in [2.24, 2.45) is 4.99 Å². The molecule has 0 saturated carbocycles. The molecule has 1 aliphatic rings. The Balaban J connectivity index is 2.30. The van der Waals surface area contributed by atoms with Gasteiger partial charge in [0.15, 0.2) is 0 Å². The molecule has 4 heteroatoms. The molecular formula is C6H9NO2S. The molecule has 10 heavy (non-hydrogen) atoms. The minimum atomic E-state index is -0.201. The highest BCUT2D eigenvalue weighted by Gasteiger charge is 2.10. The molecule has 0 aromatic heterocycles. The molecule has 0 amide bonds. The molecule has 0 aromatic rings. The summed E-state index contributed by atoms with van der Waals surface area (Å²) in [6.07, 6.45) is 0.416. The fourth-order valence-corrected chi connectivity index (χ4v) is 1.24. The first-order valence-corrected chi connectivity index (χ1v) is 4.19. The van der Waals surface area contributed by atoms with Crippen LogP contribution in [-0.2, 0) is 9.53 Å². The van der Waals surface area contributed by atoms with E-state index in [0.717, 1.165) is 12.3 Å². The third-order valence-corrected chi connectivity index (χ3v) is 1.89. The SMILES string of the molecule is CCC(=O)OC1=NCCS1. The van der Waals surface area contributed by atoms with Gasteiger partial charge >= 0.3 is 5.97 Å². The maximum atomic E-state index is 10.7. The second-order valence-corrected chi connectivity index (χ2v) is 2.87. The van der Waals surface area contributed by atoms with Gasteiger partial charge in [-0.15, -0.1) is 0 Å². The summed E-state index contributed by atoms with van der Waals surface area (Å²) in [5.74, 6) is 0.736. The predicted octanol–water partition coefficient (Wildman–Crippen LogP) is 1.04. The Morgan fingerprint density at radius 2 is 2.70 bits per heavy atom. The van der Waals surface area contributed by atoms with Gasteiger partial charge in [0.25, 0.3) is 5.23 Å². The molecule has 0 atom stereocenters. The number of nitrogens with zero attached hydrogens (tertiary/aromatic N) is 1. The van der Waals surface area contributed by atoms with Crippen molar-refractivity contribution in [3.8, 4) is 0 Å². The Bertz CT molecular complexity index is 167. The van der Waals surface area contributed by atoms with Crippen molar-refractivity contribution in [1.82, 2.24) is 0 Å². The number of thioether (sulfide) groups is 1. The summed E-state index contributed by atoms with van der Waals surface area (Å²) >= 11 is 1.49. The van der Waals surface area contributed by atoms with Crippen LogP contribution in [0.5, 0.6) is 0 Å². The maximum absolute atomic E-state index is 10.7. The molecule has 56 valence electrons. The Labute approximate surface area is 63.9 Å². The van der Waals surface area contributed by atoms with Gasteiger partial charge < -0.3 is 4.74 Å². The maximum Gasteiger partial charge on any atom is 0.312 e. The van der Waals surface area contributed by atoms with E-state index in [1.807, 2.05) is 0 Å². The van der Waals surface area contributed by atoms with E-state index in [2.05, 4.69) is 4.99 Å². The molecule has 0 bridgehead atoms. The molecule has 0 spiro atoms. The number of carbonyl (C=O) groups is 1. The molecule has 1 rings (SSSR count). The van der Waals surface area contributed by atoms with Crippen LogP contribution in [0.4, 0.5) is 0 Å². The van der Waals surface area contributed by atoms with Crippen molar-refractivity contribution in [1.29, 1.82) is 0 Å².